The maximum atomic E-state index is 12.8. The number of aryl methyl sites for hydroxylation is 1. The zero-order valence-electron chi connectivity index (χ0n) is 16.6. The fourth-order valence-corrected chi connectivity index (χ4v) is 4.19. The monoisotopic (exact) mass is 376 g/mol. The standard InChI is InChI=1S/C20H32N4O3/c1-17-15-21-7-5-18(17)23-10-4-8-22(11-12-23)16-20(26)6-3-9-24(19(20)25)13-14-27-2/h5,7,15,26H,3-4,6,8-14,16H2,1-2H3. The molecule has 0 radical (unpaired) electrons. The van der Waals surface area contributed by atoms with E-state index in [1.54, 1.807) is 12.0 Å². The molecule has 2 aliphatic rings. The van der Waals surface area contributed by atoms with Crippen molar-refractivity contribution in [2.75, 3.05) is 64.4 Å². The molecule has 3 rings (SSSR count). The molecule has 2 saturated heterocycles. The molecule has 7 nitrogen and oxygen atoms in total. The molecule has 1 unspecified atom stereocenters. The van der Waals surface area contributed by atoms with E-state index in [1.165, 1.54) is 11.3 Å². The van der Waals surface area contributed by atoms with E-state index in [2.05, 4.69) is 27.8 Å². The molecule has 0 spiro atoms. The molecule has 3 heterocycles. The quantitative estimate of drug-likeness (QED) is 0.796. The second kappa shape index (κ2) is 8.99. The predicted octanol–water partition coefficient (Wildman–Crippen LogP) is 0.902. The van der Waals surface area contributed by atoms with Gasteiger partial charge in [0.1, 0.15) is 0 Å². The molecule has 2 aliphatic heterocycles. The third-order valence-corrected chi connectivity index (χ3v) is 5.67. The number of carbonyl (C=O) groups excluding carboxylic acids is 1. The summed E-state index contributed by atoms with van der Waals surface area (Å²) < 4.78 is 5.10. The number of amides is 1. The highest BCUT2D eigenvalue weighted by Crippen LogP contribution is 2.25. The summed E-state index contributed by atoms with van der Waals surface area (Å²) in [6, 6.07) is 2.07. The van der Waals surface area contributed by atoms with Crippen LogP contribution in [0, 0.1) is 6.92 Å². The first kappa shape index (κ1) is 20.0. The van der Waals surface area contributed by atoms with Crippen LogP contribution in [-0.4, -0.2) is 90.9 Å². The highest BCUT2D eigenvalue weighted by Gasteiger charge is 2.43. The minimum Gasteiger partial charge on any atom is -0.383 e. The minimum atomic E-state index is -1.27. The van der Waals surface area contributed by atoms with Gasteiger partial charge in [0.05, 0.1) is 6.61 Å². The van der Waals surface area contributed by atoms with E-state index in [-0.39, 0.29) is 5.91 Å². The number of aromatic nitrogens is 1. The summed E-state index contributed by atoms with van der Waals surface area (Å²) in [6.07, 6.45) is 6.12. The number of hydrogen-bond acceptors (Lipinski definition) is 6. The molecule has 1 N–H and O–H groups in total. The largest absolute Gasteiger partial charge is 0.383 e. The lowest BCUT2D eigenvalue weighted by Crippen LogP contribution is -2.59. The van der Waals surface area contributed by atoms with Gasteiger partial charge in [0.2, 0.25) is 0 Å². The Morgan fingerprint density at radius 1 is 1.22 bits per heavy atom. The van der Waals surface area contributed by atoms with Crippen molar-refractivity contribution < 1.29 is 14.6 Å². The molecule has 2 fully saturated rings. The van der Waals surface area contributed by atoms with Gasteiger partial charge in [-0.3, -0.25) is 14.7 Å². The van der Waals surface area contributed by atoms with Gasteiger partial charge in [-0.1, -0.05) is 0 Å². The summed E-state index contributed by atoms with van der Waals surface area (Å²) in [5.74, 6) is -0.142. The van der Waals surface area contributed by atoms with Crippen molar-refractivity contribution in [1.29, 1.82) is 0 Å². The molecular weight excluding hydrogens is 344 g/mol. The number of carbonyl (C=O) groups is 1. The van der Waals surface area contributed by atoms with Gasteiger partial charge in [-0.15, -0.1) is 0 Å². The number of pyridine rings is 1. The first-order chi connectivity index (χ1) is 13.0. The maximum absolute atomic E-state index is 12.8. The zero-order valence-corrected chi connectivity index (χ0v) is 16.6. The number of hydrogen-bond donors (Lipinski definition) is 1. The van der Waals surface area contributed by atoms with E-state index < -0.39 is 5.60 Å². The number of nitrogens with zero attached hydrogens (tertiary/aromatic N) is 4. The highest BCUT2D eigenvalue weighted by molar-refractivity contribution is 5.86. The number of anilines is 1. The van der Waals surface area contributed by atoms with Gasteiger partial charge < -0.3 is 19.6 Å². The average Bonchev–Trinajstić information content (AvgIpc) is 2.89. The van der Waals surface area contributed by atoms with E-state index in [1.807, 2.05) is 12.4 Å². The summed E-state index contributed by atoms with van der Waals surface area (Å²) in [4.78, 5) is 23.4. The Balaban J connectivity index is 1.60. The maximum Gasteiger partial charge on any atom is 0.255 e. The molecule has 150 valence electrons. The molecule has 0 aliphatic carbocycles. The Kier molecular flexibility index (Phi) is 6.68. The molecule has 1 amide bonds. The van der Waals surface area contributed by atoms with Crippen molar-refractivity contribution in [2.24, 2.45) is 0 Å². The summed E-state index contributed by atoms with van der Waals surface area (Å²) in [6.45, 7) is 7.87. The second-order valence-corrected chi connectivity index (χ2v) is 7.70. The van der Waals surface area contributed by atoms with E-state index in [4.69, 9.17) is 4.74 Å². The Labute approximate surface area is 161 Å². The fraction of sp³-hybridized carbons (Fsp3) is 0.700. The second-order valence-electron chi connectivity index (χ2n) is 7.70. The van der Waals surface area contributed by atoms with Crippen LogP contribution in [0.4, 0.5) is 5.69 Å². The van der Waals surface area contributed by atoms with Crippen LogP contribution in [0.15, 0.2) is 18.5 Å². The zero-order chi connectivity index (χ0) is 19.3. The van der Waals surface area contributed by atoms with Crippen molar-refractivity contribution in [3.8, 4) is 0 Å². The number of rotatable bonds is 6. The van der Waals surface area contributed by atoms with Crippen LogP contribution >= 0.6 is 0 Å². The molecule has 1 aromatic heterocycles. The number of likely N-dealkylation sites (tertiary alicyclic amines) is 1. The minimum absolute atomic E-state index is 0.142. The van der Waals surface area contributed by atoms with Crippen LogP contribution in [0.3, 0.4) is 0 Å². The first-order valence-corrected chi connectivity index (χ1v) is 9.92. The van der Waals surface area contributed by atoms with Gasteiger partial charge in [-0.25, -0.2) is 0 Å². The van der Waals surface area contributed by atoms with Crippen molar-refractivity contribution in [1.82, 2.24) is 14.8 Å². The van der Waals surface area contributed by atoms with Crippen molar-refractivity contribution >= 4 is 11.6 Å². The molecule has 27 heavy (non-hydrogen) atoms. The van der Waals surface area contributed by atoms with Crippen LogP contribution in [0.5, 0.6) is 0 Å². The summed E-state index contributed by atoms with van der Waals surface area (Å²) in [7, 11) is 1.63. The lowest BCUT2D eigenvalue weighted by molar-refractivity contribution is -0.160. The molecule has 1 atom stereocenters. The average molecular weight is 377 g/mol. The smallest absolute Gasteiger partial charge is 0.255 e. The number of ether oxygens (including phenoxy) is 1. The van der Waals surface area contributed by atoms with Crippen molar-refractivity contribution in [3.05, 3.63) is 24.0 Å². The van der Waals surface area contributed by atoms with Crippen LogP contribution in [-0.2, 0) is 9.53 Å². The number of methoxy groups -OCH3 is 1. The molecule has 0 aromatic carbocycles. The van der Waals surface area contributed by atoms with Crippen molar-refractivity contribution in [3.63, 3.8) is 0 Å². The SMILES string of the molecule is COCCN1CCCC(O)(CN2CCCN(c3ccncc3C)CC2)C1=O. The van der Waals surface area contributed by atoms with Crippen LogP contribution in [0.25, 0.3) is 0 Å². The molecule has 7 heteroatoms. The molecular formula is C20H32N4O3. The third-order valence-electron chi connectivity index (χ3n) is 5.67. The lowest BCUT2D eigenvalue weighted by atomic mass is 9.91. The summed E-state index contributed by atoms with van der Waals surface area (Å²) >= 11 is 0. The normalized spacial score (nSPS) is 24.9. The highest BCUT2D eigenvalue weighted by atomic mass is 16.5. The Bertz CT molecular complexity index is 641. The summed E-state index contributed by atoms with van der Waals surface area (Å²) in [5, 5.41) is 11.1. The topological polar surface area (TPSA) is 69.1 Å². The summed E-state index contributed by atoms with van der Waals surface area (Å²) in [5.41, 5.74) is 1.14. The van der Waals surface area contributed by atoms with Gasteiger partial charge in [0, 0.05) is 71.0 Å². The van der Waals surface area contributed by atoms with E-state index in [0.717, 1.165) is 39.0 Å². The van der Waals surface area contributed by atoms with Crippen LogP contribution < -0.4 is 4.90 Å². The predicted molar refractivity (Wildman–Crippen MR) is 105 cm³/mol. The number of aliphatic hydroxyl groups is 1. The van der Waals surface area contributed by atoms with E-state index in [9.17, 15) is 9.90 Å². The molecule has 0 saturated carbocycles. The number of piperidine rings is 1. The van der Waals surface area contributed by atoms with Gasteiger partial charge in [-0.05, 0) is 37.8 Å². The Morgan fingerprint density at radius 3 is 2.85 bits per heavy atom. The van der Waals surface area contributed by atoms with Gasteiger partial charge >= 0.3 is 0 Å². The molecule has 1 aromatic rings. The van der Waals surface area contributed by atoms with Gasteiger partial charge in [-0.2, -0.15) is 0 Å². The van der Waals surface area contributed by atoms with Crippen LogP contribution in [0.2, 0.25) is 0 Å². The Morgan fingerprint density at radius 2 is 2.07 bits per heavy atom. The van der Waals surface area contributed by atoms with Crippen LogP contribution in [0.1, 0.15) is 24.8 Å². The molecule has 0 bridgehead atoms. The first-order valence-electron chi connectivity index (χ1n) is 9.92. The van der Waals surface area contributed by atoms with Gasteiger partial charge in [0.15, 0.2) is 5.60 Å². The van der Waals surface area contributed by atoms with Gasteiger partial charge in [0.25, 0.3) is 5.91 Å². The van der Waals surface area contributed by atoms with E-state index in [0.29, 0.717) is 32.7 Å². The fourth-order valence-electron chi connectivity index (χ4n) is 4.19. The third kappa shape index (κ3) is 4.78. The number of β-amino-alcohol motifs (C(OH)–C–C–N with tert-alkyl or cyclic N) is 1. The Hall–Kier alpha value is -1.70. The van der Waals surface area contributed by atoms with Crippen molar-refractivity contribution in [2.45, 2.75) is 31.8 Å². The van der Waals surface area contributed by atoms with E-state index >= 15 is 0 Å². The lowest BCUT2D eigenvalue weighted by Gasteiger charge is -2.40.